The number of rotatable bonds is 4. The second-order valence-electron chi connectivity index (χ2n) is 11.0. The van der Waals surface area contributed by atoms with E-state index in [-0.39, 0.29) is 5.91 Å². The maximum atomic E-state index is 12.1. The summed E-state index contributed by atoms with van der Waals surface area (Å²) >= 11 is 0. The first-order valence-corrected chi connectivity index (χ1v) is 12.9. The van der Waals surface area contributed by atoms with Gasteiger partial charge < -0.3 is 10.2 Å². The monoisotopic (exact) mass is 481 g/mol. The number of hydrogen-bond acceptors (Lipinski definition) is 5. The maximum absolute atomic E-state index is 12.1. The summed E-state index contributed by atoms with van der Waals surface area (Å²) < 4.78 is 4.06. The number of pyridine rings is 1. The molecule has 3 aromatic heterocycles. The molecule has 7 rings (SSSR count). The molecule has 36 heavy (non-hydrogen) atoms. The van der Waals surface area contributed by atoms with E-state index in [0.717, 1.165) is 64.3 Å². The van der Waals surface area contributed by atoms with Crippen molar-refractivity contribution in [3.63, 3.8) is 0 Å². The van der Waals surface area contributed by atoms with Crippen LogP contribution in [0.1, 0.15) is 31.0 Å². The maximum Gasteiger partial charge on any atom is 0.219 e. The smallest absolute Gasteiger partial charge is 0.219 e. The van der Waals surface area contributed by atoms with E-state index in [0.29, 0.717) is 12.0 Å². The minimum absolute atomic E-state index is 0.108. The zero-order chi connectivity index (χ0) is 24.4. The summed E-state index contributed by atoms with van der Waals surface area (Å²) in [5, 5.41) is 15.1. The molecule has 8 heteroatoms. The number of fused-ring (bicyclic) bond motifs is 2. The predicted molar refractivity (Wildman–Crippen MR) is 138 cm³/mol. The quantitative estimate of drug-likeness (QED) is 0.483. The molecule has 0 atom stereocenters. The topological polar surface area (TPSA) is 80.9 Å². The van der Waals surface area contributed by atoms with Crippen molar-refractivity contribution in [2.75, 3.05) is 19.6 Å². The molecule has 8 nitrogen and oxygen atoms in total. The normalized spacial score (nSPS) is 18.8. The van der Waals surface area contributed by atoms with E-state index in [4.69, 9.17) is 10.1 Å². The van der Waals surface area contributed by atoms with Gasteiger partial charge in [-0.05, 0) is 35.6 Å². The van der Waals surface area contributed by atoms with Gasteiger partial charge in [0.15, 0.2) is 0 Å². The summed E-state index contributed by atoms with van der Waals surface area (Å²) in [6, 6.07) is 8.47. The van der Waals surface area contributed by atoms with Crippen LogP contribution in [0, 0.1) is 11.3 Å². The molecule has 1 N–H and O–H groups in total. The number of nitrogens with one attached hydrogen (secondary N) is 1. The van der Waals surface area contributed by atoms with Crippen molar-refractivity contribution >= 4 is 16.7 Å². The minimum atomic E-state index is 0.108. The zero-order valence-electron chi connectivity index (χ0n) is 20.9. The van der Waals surface area contributed by atoms with Gasteiger partial charge in [-0.3, -0.25) is 19.1 Å². The number of carbonyl (C=O) groups excluding carboxylic acids is 1. The highest BCUT2D eigenvalue weighted by Gasteiger charge is 2.48. The third kappa shape index (κ3) is 3.46. The zero-order valence-corrected chi connectivity index (χ0v) is 20.9. The first kappa shape index (κ1) is 21.7. The van der Waals surface area contributed by atoms with Gasteiger partial charge in [0.1, 0.15) is 0 Å². The third-order valence-corrected chi connectivity index (χ3v) is 8.53. The summed E-state index contributed by atoms with van der Waals surface area (Å²) in [6.45, 7) is 6.35. The lowest BCUT2D eigenvalue weighted by atomic mass is 9.58. The van der Waals surface area contributed by atoms with Crippen molar-refractivity contribution in [3.8, 4) is 22.5 Å². The van der Waals surface area contributed by atoms with Crippen LogP contribution in [0.25, 0.3) is 33.3 Å². The molecular formula is C28H31N7O. The Balaban J connectivity index is 1.18. The van der Waals surface area contributed by atoms with Crippen LogP contribution >= 0.6 is 0 Å². The molecule has 0 radical (unpaired) electrons. The van der Waals surface area contributed by atoms with E-state index >= 15 is 0 Å². The summed E-state index contributed by atoms with van der Waals surface area (Å²) in [5.74, 6) is 0.840. The lowest BCUT2D eigenvalue weighted by Gasteiger charge is -2.54. The standard InChI is InChI=1S/C28H31N7O/c1-18(36)34-7-6-26-24(15-34)27(32-33(26)2)22-5-3-4-20-8-25(30-12-23(20)22)21-11-31-35(14-21)13-19-9-28(10-19)16-29-17-28/h3-5,8,11-12,14,19,29H,6-7,9-10,13,15-17H2,1-2H3. The Morgan fingerprint density at radius 2 is 2.08 bits per heavy atom. The van der Waals surface area contributed by atoms with Crippen LogP contribution in [0.5, 0.6) is 0 Å². The van der Waals surface area contributed by atoms with Crippen molar-refractivity contribution in [2.45, 2.75) is 39.3 Å². The van der Waals surface area contributed by atoms with Crippen LogP contribution in [0.2, 0.25) is 0 Å². The Labute approximate surface area is 210 Å². The van der Waals surface area contributed by atoms with Gasteiger partial charge in [0.2, 0.25) is 5.91 Å². The summed E-state index contributed by atoms with van der Waals surface area (Å²) in [4.78, 5) is 18.8. The highest BCUT2D eigenvalue weighted by atomic mass is 16.2. The van der Waals surface area contributed by atoms with E-state index in [1.165, 1.54) is 31.6 Å². The number of benzene rings is 1. The molecule has 1 saturated carbocycles. The first-order chi connectivity index (χ1) is 17.5. The Morgan fingerprint density at radius 3 is 2.86 bits per heavy atom. The largest absolute Gasteiger partial charge is 0.338 e. The molecule has 1 saturated heterocycles. The Bertz CT molecular complexity index is 1490. The highest BCUT2D eigenvalue weighted by Crippen LogP contribution is 2.48. The van der Waals surface area contributed by atoms with Crippen LogP contribution < -0.4 is 5.32 Å². The fourth-order valence-corrected chi connectivity index (χ4v) is 6.54. The van der Waals surface area contributed by atoms with E-state index in [9.17, 15) is 4.79 Å². The number of hydrogen-bond donors (Lipinski definition) is 1. The van der Waals surface area contributed by atoms with Gasteiger partial charge in [0, 0.05) is 93.3 Å². The van der Waals surface area contributed by atoms with E-state index < -0.39 is 0 Å². The number of carbonyl (C=O) groups is 1. The van der Waals surface area contributed by atoms with Crippen molar-refractivity contribution in [1.29, 1.82) is 0 Å². The van der Waals surface area contributed by atoms with Crippen molar-refractivity contribution in [3.05, 3.63) is 54.1 Å². The highest BCUT2D eigenvalue weighted by molar-refractivity contribution is 5.97. The van der Waals surface area contributed by atoms with Crippen LogP contribution in [-0.2, 0) is 31.4 Å². The molecule has 1 aliphatic carbocycles. The average Bonchev–Trinajstić information content (AvgIpc) is 3.43. The molecule has 0 bridgehead atoms. The van der Waals surface area contributed by atoms with Gasteiger partial charge in [-0.2, -0.15) is 10.2 Å². The minimum Gasteiger partial charge on any atom is -0.338 e. The summed E-state index contributed by atoms with van der Waals surface area (Å²) in [5.41, 5.74) is 6.95. The molecule has 184 valence electrons. The average molecular weight is 482 g/mol. The second kappa shape index (κ2) is 8.00. The van der Waals surface area contributed by atoms with Crippen LogP contribution in [0.4, 0.5) is 0 Å². The fraction of sp³-hybridized carbons (Fsp3) is 0.429. The molecule has 4 aromatic rings. The van der Waals surface area contributed by atoms with Crippen LogP contribution in [0.15, 0.2) is 42.9 Å². The Hall–Kier alpha value is -3.52. The molecular weight excluding hydrogens is 450 g/mol. The van der Waals surface area contributed by atoms with E-state index in [1.54, 1.807) is 6.92 Å². The molecule has 5 heterocycles. The first-order valence-electron chi connectivity index (χ1n) is 12.9. The molecule has 1 amide bonds. The number of aromatic nitrogens is 5. The molecule has 2 fully saturated rings. The predicted octanol–water partition coefficient (Wildman–Crippen LogP) is 3.40. The second-order valence-corrected chi connectivity index (χ2v) is 11.0. The van der Waals surface area contributed by atoms with Crippen molar-refractivity contribution in [1.82, 2.24) is 34.8 Å². The van der Waals surface area contributed by atoms with Gasteiger partial charge in [0.05, 0.1) is 17.6 Å². The van der Waals surface area contributed by atoms with Crippen LogP contribution in [-0.4, -0.2) is 55.0 Å². The number of nitrogens with zero attached hydrogens (tertiary/aromatic N) is 6. The Kier molecular flexibility index (Phi) is 4.83. The number of aryl methyl sites for hydroxylation is 1. The SMILES string of the molecule is CC(=O)N1CCc2c(c(-c3cccc4cc(-c5cnn(CC6CC7(CNC7)C6)c5)ncc34)nn2C)C1. The summed E-state index contributed by atoms with van der Waals surface area (Å²) in [7, 11) is 2.00. The van der Waals surface area contributed by atoms with Gasteiger partial charge in [-0.15, -0.1) is 0 Å². The van der Waals surface area contributed by atoms with Gasteiger partial charge in [-0.1, -0.05) is 18.2 Å². The third-order valence-electron chi connectivity index (χ3n) is 8.53. The lowest BCUT2D eigenvalue weighted by molar-refractivity contribution is -0.129. The molecule has 1 aromatic carbocycles. The Morgan fingerprint density at radius 1 is 1.22 bits per heavy atom. The lowest BCUT2D eigenvalue weighted by Crippen LogP contribution is -2.60. The number of amides is 1. The van der Waals surface area contributed by atoms with Crippen LogP contribution in [0.3, 0.4) is 0 Å². The molecule has 2 aliphatic heterocycles. The van der Waals surface area contributed by atoms with Crippen molar-refractivity contribution < 1.29 is 4.79 Å². The fourth-order valence-electron chi connectivity index (χ4n) is 6.54. The molecule has 0 unspecified atom stereocenters. The van der Waals surface area contributed by atoms with Gasteiger partial charge in [0.25, 0.3) is 0 Å². The van der Waals surface area contributed by atoms with E-state index in [2.05, 4.69) is 45.6 Å². The summed E-state index contributed by atoms with van der Waals surface area (Å²) in [6.07, 6.45) is 9.48. The molecule has 1 spiro atoms. The van der Waals surface area contributed by atoms with E-state index in [1.807, 2.05) is 29.0 Å². The van der Waals surface area contributed by atoms with Crippen molar-refractivity contribution in [2.24, 2.45) is 18.4 Å². The van der Waals surface area contributed by atoms with Gasteiger partial charge in [-0.25, -0.2) is 0 Å². The molecule has 3 aliphatic rings. The van der Waals surface area contributed by atoms with Gasteiger partial charge >= 0.3 is 0 Å².